The Bertz CT molecular complexity index is 529. The SMILES string of the molecule is Cc1nc2ccc(NCCC3CCCN3)cc2o1. The summed E-state index contributed by atoms with van der Waals surface area (Å²) < 4.78 is 5.52. The van der Waals surface area contributed by atoms with Crippen LogP contribution in [0.25, 0.3) is 11.1 Å². The highest BCUT2D eigenvalue weighted by Gasteiger charge is 2.12. The van der Waals surface area contributed by atoms with Crippen molar-refractivity contribution in [2.24, 2.45) is 0 Å². The predicted octanol–water partition coefficient (Wildman–Crippen LogP) is 2.69. The summed E-state index contributed by atoms with van der Waals surface area (Å²) in [5.41, 5.74) is 2.89. The second kappa shape index (κ2) is 4.98. The molecule has 0 spiro atoms. The molecule has 96 valence electrons. The number of benzene rings is 1. The van der Waals surface area contributed by atoms with Crippen molar-refractivity contribution in [3.05, 3.63) is 24.1 Å². The molecule has 0 bridgehead atoms. The van der Waals surface area contributed by atoms with Crippen molar-refractivity contribution in [2.75, 3.05) is 18.4 Å². The maximum atomic E-state index is 5.52. The smallest absolute Gasteiger partial charge is 0.192 e. The number of aromatic nitrogens is 1. The third kappa shape index (κ3) is 2.48. The summed E-state index contributed by atoms with van der Waals surface area (Å²) in [6.45, 7) is 4.04. The predicted molar refractivity (Wildman–Crippen MR) is 72.9 cm³/mol. The highest BCUT2D eigenvalue weighted by atomic mass is 16.3. The molecule has 2 heterocycles. The molecule has 2 N–H and O–H groups in total. The first-order valence-corrected chi connectivity index (χ1v) is 6.66. The molecule has 1 saturated heterocycles. The van der Waals surface area contributed by atoms with E-state index in [-0.39, 0.29) is 0 Å². The monoisotopic (exact) mass is 245 g/mol. The molecule has 1 aliphatic heterocycles. The number of rotatable bonds is 4. The van der Waals surface area contributed by atoms with Crippen molar-refractivity contribution in [3.63, 3.8) is 0 Å². The molecule has 3 rings (SSSR count). The number of nitrogens with zero attached hydrogens (tertiary/aromatic N) is 1. The van der Waals surface area contributed by atoms with Gasteiger partial charge in [0.2, 0.25) is 0 Å². The lowest BCUT2D eigenvalue weighted by molar-refractivity contribution is 0.561. The van der Waals surface area contributed by atoms with Gasteiger partial charge in [-0.05, 0) is 37.9 Å². The first-order chi connectivity index (χ1) is 8.81. The van der Waals surface area contributed by atoms with Crippen LogP contribution in [0, 0.1) is 6.92 Å². The molecule has 0 radical (unpaired) electrons. The minimum Gasteiger partial charge on any atom is -0.441 e. The van der Waals surface area contributed by atoms with Crippen LogP contribution in [0.4, 0.5) is 5.69 Å². The van der Waals surface area contributed by atoms with Crippen molar-refractivity contribution in [3.8, 4) is 0 Å². The van der Waals surface area contributed by atoms with Gasteiger partial charge in [-0.3, -0.25) is 0 Å². The Morgan fingerprint density at radius 3 is 3.28 bits per heavy atom. The third-order valence-corrected chi connectivity index (χ3v) is 3.48. The number of anilines is 1. The fourth-order valence-corrected chi connectivity index (χ4v) is 2.54. The van der Waals surface area contributed by atoms with Crippen LogP contribution in [-0.2, 0) is 0 Å². The molecule has 1 aromatic heterocycles. The summed E-state index contributed by atoms with van der Waals surface area (Å²) in [6, 6.07) is 6.78. The number of nitrogens with one attached hydrogen (secondary N) is 2. The van der Waals surface area contributed by atoms with Gasteiger partial charge >= 0.3 is 0 Å². The van der Waals surface area contributed by atoms with Gasteiger partial charge in [-0.1, -0.05) is 0 Å². The Hall–Kier alpha value is -1.55. The number of fused-ring (bicyclic) bond motifs is 1. The van der Waals surface area contributed by atoms with E-state index < -0.39 is 0 Å². The first kappa shape index (κ1) is 11.5. The summed E-state index contributed by atoms with van der Waals surface area (Å²) >= 11 is 0. The average molecular weight is 245 g/mol. The van der Waals surface area contributed by atoms with Gasteiger partial charge < -0.3 is 15.1 Å². The van der Waals surface area contributed by atoms with Crippen molar-refractivity contribution in [1.29, 1.82) is 0 Å². The number of oxazole rings is 1. The fourth-order valence-electron chi connectivity index (χ4n) is 2.54. The molecule has 1 aliphatic rings. The van der Waals surface area contributed by atoms with Crippen LogP contribution < -0.4 is 10.6 Å². The topological polar surface area (TPSA) is 50.1 Å². The minimum absolute atomic E-state index is 0.689. The average Bonchev–Trinajstić information content (AvgIpc) is 2.96. The second-order valence-corrected chi connectivity index (χ2v) is 4.92. The van der Waals surface area contributed by atoms with Gasteiger partial charge in [0.15, 0.2) is 11.5 Å². The van der Waals surface area contributed by atoms with E-state index in [4.69, 9.17) is 4.42 Å². The summed E-state index contributed by atoms with van der Waals surface area (Å²) in [5, 5.41) is 6.95. The van der Waals surface area contributed by atoms with Crippen LogP contribution >= 0.6 is 0 Å². The lowest BCUT2D eigenvalue weighted by atomic mass is 10.1. The van der Waals surface area contributed by atoms with Crippen LogP contribution in [0.2, 0.25) is 0 Å². The van der Waals surface area contributed by atoms with Gasteiger partial charge in [0.25, 0.3) is 0 Å². The number of aryl methyl sites for hydroxylation is 1. The number of hydrogen-bond donors (Lipinski definition) is 2. The fraction of sp³-hybridized carbons (Fsp3) is 0.500. The molecular formula is C14H19N3O. The Morgan fingerprint density at radius 2 is 2.44 bits per heavy atom. The second-order valence-electron chi connectivity index (χ2n) is 4.92. The van der Waals surface area contributed by atoms with Crippen LogP contribution in [0.1, 0.15) is 25.2 Å². The van der Waals surface area contributed by atoms with Gasteiger partial charge in [-0.2, -0.15) is 0 Å². The molecule has 0 aliphatic carbocycles. The van der Waals surface area contributed by atoms with Gasteiger partial charge in [0.1, 0.15) is 5.52 Å². The first-order valence-electron chi connectivity index (χ1n) is 6.66. The third-order valence-electron chi connectivity index (χ3n) is 3.48. The maximum absolute atomic E-state index is 5.52. The molecule has 1 aromatic carbocycles. The largest absolute Gasteiger partial charge is 0.441 e. The zero-order valence-corrected chi connectivity index (χ0v) is 10.7. The van der Waals surface area contributed by atoms with E-state index in [1.807, 2.05) is 19.1 Å². The molecule has 0 saturated carbocycles. The van der Waals surface area contributed by atoms with Crippen molar-refractivity contribution in [2.45, 2.75) is 32.2 Å². The van der Waals surface area contributed by atoms with Gasteiger partial charge in [-0.25, -0.2) is 4.98 Å². The highest BCUT2D eigenvalue weighted by molar-refractivity contribution is 5.77. The van der Waals surface area contributed by atoms with E-state index >= 15 is 0 Å². The lowest BCUT2D eigenvalue weighted by Gasteiger charge is -2.11. The van der Waals surface area contributed by atoms with E-state index in [1.165, 1.54) is 25.8 Å². The number of hydrogen-bond acceptors (Lipinski definition) is 4. The molecule has 1 fully saturated rings. The molecule has 1 atom stereocenters. The van der Waals surface area contributed by atoms with Gasteiger partial charge in [0, 0.05) is 31.3 Å². The van der Waals surface area contributed by atoms with Crippen molar-refractivity contribution >= 4 is 16.8 Å². The molecule has 4 nitrogen and oxygen atoms in total. The quantitative estimate of drug-likeness (QED) is 0.869. The molecule has 18 heavy (non-hydrogen) atoms. The zero-order chi connectivity index (χ0) is 12.4. The normalized spacial score (nSPS) is 19.5. The van der Waals surface area contributed by atoms with Crippen LogP contribution in [0.3, 0.4) is 0 Å². The van der Waals surface area contributed by atoms with Crippen LogP contribution in [0.15, 0.2) is 22.6 Å². The Kier molecular flexibility index (Phi) is 3.19. The highest BCUT2D eigenvalue weighted by Crippen LogP contribution is 2.20. The van der Waals surface area contributed by atoms with Crippen molar-refractivity contribution < 1.29 is 4.42 Å². The van der Waals surface area contributed by atoms with E-state index in [9.17, 15) is 0 Å². The molecule has 1 unspecified atom stereocenters. The summed E-state index contributed by atoms with van der Waals surface area (Å²) in [7, 11) is 0. The zero-order valence-electron chi connectivity index (χ0n) is 10.7. The molecule has 0 amide bonds. The van der Waals surface area contributed by atoms with E-state index in [0.717, 1.165) is 29.2 Å². The Balaban J connectivity index is 1.59. The lowest BCUT2D eigenvalue weighted by Crippen LogP contribution is -2.24. The summed E-state index contributed by atoms with van der Waals surface area (Å²) in [6.07, 6.45) is 3.80. The van der Waals surface area contributed by atoms with E-state index in [2.05, 4.69) is 21.7 Å². The van der Waals surface area contributed by atoms with Crippen LogP contribution in [-0.4, -0.2) is 24.1 Å². The van der Waals surface area contributed by atoms with E-state index in [1.54, 1.807) is 0 Å². The van der Waals surface area contributed by atoms with Gasteiger partial charge in [-0.15, -0.1) is 0 Å². The van der Waals surface area contributed by atoms with E-state index in [0.29, 0.717) is 6.04 Å². The molecule has 2 aromatic rings. The Morgan fingerprint density at radius 1 is 1.50 bits per heavy atom. The van der Waals surface area contributed by atoms with Crippen LogP contribution in [0.5, 0.6) is 0 Å². The van der Waals surface area contributed by atoms with Crippen molar-refractivity contribution in [1.82, 2.24) is 10.3 Å². The summed E-state index contributed by atoms with van der Waals surface area (Å²) in [4.78, 5) is 4.29. The maximum Gasteiger partial charge on any atom is 0.192 e. The summed E-state index contributed by atoms with van der Waals surface area (Å²) in [5.74, 6) is 0.720. The molecule has 4 heteroatoms. The standard InChI is InChI=1S/C14H19N3O/c1-10-17-13-5-4-12(9-14(13)18-10)16-8-6-11-3-2-7-15-11/h4-5,9,11,15-16H,2-3,6-8H2,1H3. The minimum atomic E-state index is 0.689. The van der Waals surface area contributed by atoms with Gasteiger partial charge in [0.05, 0.1) is 0 Å². The molecular weight excluding hydrogens is 226 g/mol. The Labute approximate surface area is 107 Å².